The van der Waals surface area contributed by atoms with Crippen molar-refractivity contribution < 1.29 is 27.2 Å². The Morgan fingerprint density at radius 3 is 2.33 bits per heavy atom. The van der Waals surface area contributed by atoms with Gasteiger partial charge in [-0.25, -0.2) is 4.39 Å². The maximum absolute atomic E-state index is 14.0. The fourth-order valence-electron chi connectivity index (χ4n) is 3.30. The summed E-state index contributed by atoms with van der Waals surface area (Å²) in [5.41, 5.74) is 4.67. The van der Waals surface area contributed by atoms with E-state index in [1.165, 1.54) is 6.07 Å². The van der Waals surface area contributed by atoms with Crippen molar-refractivity contribution in [3.05, 3.63) is 99.6 Å². The summed E-state index contributed by atoms with van der Waals surface area (Å²) >= 11 is 0. The Hall–Kier alpha value is -4.03. The Balaban J connectivity index is 0.00000456. The van der Waals surface area contributed by atoms with Crippen LogP contribution in [0.1, 0.15) is 55.2 Å². The number of Topliss-reactive ketones (excluding diaryl/α,β-unsaturated/α-hetero) is 2. The normalized spacial score (nSPS) is 10.6. The summed E-state index contributed by atoms with van der Waals surface area (Å²) in [6, 6.07) is 11.2. The molecule has 3 aromatic rings. The molecule has 5 nitrogen and oxygen atoms in total. The number of pyridine rings is 1. The summed E-state index contributed by atoms with van der Waals surface area (Å²) in [5, 5.41) is 7.20. The number of benzene rings is 2. The number of amidine groups is 1. The molecule has 0 aliphatic carbocycles. The second-order valence-electron chi connectivity index (χ2n) is 7.73. The number of carbonyl (C=O) groups is 2. The summed E-state index contributed by atoms with van der Waals surface area (Å²) in [7, 11) is 0. The minimum Gasteiger partial charge on any atom is -0.387 e. The van der Waals surface area contributed by atoms with Gasteiger partial charge in [-0.3, -0.25) is 20.0 Å². The van der Waals surface area contributed by atoms with Crippen molar-refractivity contribution in [2.75, 3.05) is 0 Å². The number of rotatable bonds is 6. The smallest absolute Gasteiger partial charge is 0.387 e. The molecule has 3 N–H and O–H groups in total. The molecule has 1 heterocycles. The molecule has 0 atom stereocenters. The van der Waals surface area contributed by atoms with Crippen LogP contribution in [0.2, 0.25) is 0 Å². The molecule has 0 amide bonds. The Morgan fingerprint density at radius 2 is 1.69 bits per heavy atom. The lowest BCUT2D eigenvalue weighted by molar-refractivity contribution is -0.137. The predicted octanol–water partition coefficient (Wildman–Crippen LogP) is 5.30. The van der Waals surface area contributed by atoms with Crippen LogP contribution in [0.4, 0.5) is 17.6 Å². The number of alkyl halides is 3. The molecular formula is C26H20ClF4N3O2. The molecule has 0 aliphatic heterocycles. The predicted molar refractivity (Wildman–Crippen MR) is 129 cm³/mol. The van der Waals surface area contributed by atoms with Crippen molar-refractivity contribution in [3.8, 4) is 11.8 Å². The van der Waals surface area contributed by atoms with Crippen molar-refractivity contribution in [2.24, 2.45) is 5.73 Å². The first kappa shape index (κ1) is 28.2. The number of hydrogen-bond acceptors (Lipinski definition) is 4. The van der Waals surface area contributed by atoms with Gasteiger partial charge in [0.05, 0.1) is 24.2 Å². The lowest BCUT2D eigenvalue weighted by atomic mass is 9.97. The molecule has 10 heteroatoms. The average molecular weight is 518 g/mol. The van der Waals surface area contributed by atoms with E-state index >= 15 is 0 Å². The minimum absolute atomic E-state index is 0. The van der Waals surface area contributed by atoms with E-state index in [1.54, 1.807) is 25.1 Å². The average Bonchev–Trinajstić information content (AvgIpc) is 2.76. The molecule has 0 bridgehead atoms. The first-order chi connectivity index (χ1) is 16.4. The van der Waals surface area contributed by atoms with Gasteiger partial charge < -0.3 is 5.73 Å². The number of aromatic nitrogens is 1. The molecule has 36 heavy (non-hydrogen) atoms. The zero-order valence-corrected chi connectivity index (χ0v) is 19.7. The van der Waals surface area contributed by atoms with Crippen LogP contribution >= 0.6 is 12.4 Å². The van der Waals surface area contributed by atoms with Crippen molar-refractivity contribution in [1.82, 2.24) is 4.98 Å². The SMILES string of the molecule is Cc1cccc(CC(=O)c2cc(C#Cc3cc(F)cc(C(=O)CC(=N)N)c3)ccc2C(F)(F)F)n1.Cl. The van der Waals surface area contributed by atoms with Crippen LogP contribution in [0, 0.1) is 30.0 Å². The van der Waals surface area contributed by atoms with Gasteiger partial charge in [0.1, 0.15) is 5.82 Å². The Kier molecular flexibility index (Phi) is 9.09. The van der Waals surface area contributed by atoms with E-state index < -0.39 is 41.1 Å². The van der Waals surface area contributed by atoms with E-state index in [0.717, 1.165) is 30.3 Å². The number of nitrogens with zero attached hydrogens (tertiary/aromatic N) is 1. The van der Waals surface area contributed by atoms with Crippen LogP contribution < -0.4 is 5.73 Å². The summed E-state index contributed by atoms with van der Waals surface area (Å²) in [5.74, 6) is 2.73. The molecule has 0 saturated heterocycles. The van der Waals surface area contributed by atoms with Gasteiger partial charge in [0.2, 0.25) is 0 Å². The van der Waals surface area contributed by atoms with Crippen molar-refractivity contribution in [2.45, 2.75) is 25.9 Å². The molecule has 0 radical (unpaired) electrons. The molecule has 0 spiro atoms. The number of nitrogens with two attached hydrogens (primary N) is 1. The second kappa shape index (κ2) is 11.6. The molecule has 186 valence electrons. The molecule has 0 aliphatic rings. The Bertz CT molecular complexity index is 1390. The van der Waals surface area contributed by atoms with E-state index in [2.05, 4.69) is 16.8 Å². The number of ketones is 2. The quantitative estimate of drug-likeness (QED) is 0.152. The lowest BCUT2D eigenvalue weighted by Gasteiger charge is -2.12. The van der Waals surface area contributed by atoms with Crippen LogP contribution in [0.3, 0.4) is 0 Å². The van der Waals surface area contributed by atoms with Crippen molar-refractivity contribution in [1.29, 1.82) is 5.41 Å². The number of halogens is 5. The third kappa shape index (κ3) is 7.48. The van der Waals surface area contributed by atoms with Gasteiger partial charge in [0, 0.05) is 33.6 Å². The summed E-state index contributed by atoms with van der Waals surface area (Å²) in [4.78, 5) is 29.0. The van der Waals surface area contributed by atoms with Crippen molar-refractivity contribution in [3.63, 3.8) is 0 Å². The van der Waals surface area contributed by atoms with Gasteiger partial charge in [-0.1, -0.05) is 17.9 Å². The van der Waals surface area contributed by atoms with Gasteiger partial charge >= 0.3 is 6.18 Å². The Labute approximate surface area is 210 Å². The van der Waals surface area contributed by atoms with Gasteiger partial charge in [0.25, 0.3) is 0 Å². The fourth-order valence-corrected chi connectivity index (χ4v) is 3.30. The molecule has 2 aromatic carbocycles. The van der Waals surface area contributed by atoms with Gasteiger partial charge in [-0.15, -0.1) is 12.4 Å². The highest BCUT2D eigenvalue weighted by Gasteiger charge is 2.35. The van der Waals surface area contributed by atoms with Crippen LogP contribution in [0.15, 0.2) is 54.6 Å². The zero-order chi connectivity index (χ0) is 25.8. The van der Waals surface area contributed by atoms with E-state index in [1.807, 2.05) is 0 Å². The number of aryl methyl sites for hydroxylation is 1. The first-order valence-electron chi connectivity index (χ1n) is 10.3. The van der Waals surface area contributed by atoms with Crippen LogP contribution in [-0.2, 0) is 12.6 Å². The Morgan fingerprint density at radius 1 is 1.00 bits per heavy atom. The van der Waals surface area contributed by atoms with E-state index in [0.29, 0.717) is 11.4 Å². The van der Waals surface area contributed by atoms with Gasteiger partial charge in [0.15, 0.2) is 11.6 Å². The zero-order valence-electron chi connectivity index (χ0n) is 18.9. The van der Waals surface area contributed by atoms with E-state index in [9.17, 15) is 27.2 Å². The minimum atomic E-state index is -4.76. The highest BCUT2D eigenvalue weighted by Crippen LogP contribution is 2.33. The van der Waals surface area contributed by atoms with Gasteiger partial charge in [-0.2, -0.15) is 13.2 Å². The fraction of sp³-hybridized carbons (Fsp3) is 0.154. The number of nitrogens with one attached hydrogen (secondary N) is 1. The van der Waals surface area contributed by atoms with Gasteiger partial charge in [-0.05, 0) is 55.5 Å². The lowest BCUT2D eigenvalue weighted by Crippen LogP contribution is -2.15. The third-order valence-corrected chi connectivity index (χ3v) is 4.83. The highest BCUT2D eigenvalue weighted by molar-refractivity contribution is 6.07. The molecule has 3 rings (SSSR count). The topological polar surface area (TPSA) is 96.9 Å². The van der Waals surface area contributed by atoms with Crippen LogP contribution in [0.25, 0.3) is 0 Å². The molecule has 1 aromatic heterocycles. The van der Waals surface area contributed by atoms with E-state index in [-0.39, 0.29) is 41.4 Å². The monoisotopic (exact) mass is 517 g/mol. The maximum Gasteiger partial charge on any atom is 0.417 e. The third-order valence-electron chi connectivity index (χ3n) is 4.83. The number of hydrogen-bond donors (Lipinski definition) is 2. The van der Waals surface area contributed by atoms with Crippen LogP contribution in [0.5, 0.6) is 0 Å². The molecule has 0 unspecified atom stereocenters. The van der Waals surface area contributed by atoms with Crippen molar-refractivity contribution >= 4 is 29.8 Å². The molecule has 0 fully saturated rings. The molecule has 0 saturated carbocycles. The summed E-state index contributed by atoms with van der Waals surface area (Å²) < 4.78 is 54.6. The summed E-state index contributed by atoms with van der Waals surface area (Å²) in [6.45, 7) is 1.71. The first-order valence-corrected chi connectivity index (χ1v) is 10.3. The standard InChI is InChI=1S/C26H19F4N3O2.ClH/c1-15-3-2-4-20(33-15)13-24(35)21-11-16(7-8-22(21)26(28,29)30)5-6-17-9-18(12-19(27)10-17)23(34)14-25(31)32;/h2-4,7-12H,13-14H2,1H3,(H3,31,32);1H. The van der Waals surface area contributed by atoms with E-state index in [4.69, 9.17) is 11.1 Å². The number of carbonyl (C=O) groups excluding carboxylic acids is 2. The maximum atomic E-state index is 14.0. The second-order valence-corrected chi connectivity index (χ2v) is 7.73. The summed E-state index contributed by atoms with van der Waals surface area (Å²) in [6.07, 6.45) is -5.48. The van der Waals surface area contributed by atoms with Crippen LogP contribution in [-0.4, -0.2) is 22.4 Å². The highest BCUT2D eigenvalue weighted by atomic mass is 35.5. The molecular weight excluding hydrogens is 498 g/mol. The largest absolute Gasteiger partial charge is 0.417 e.